The van der Waals surface area contributed by atoms with Crippen LogP contribution in [0.25, 0.3) is 0 Å². The molecule has 3 aromatic rings. The predicted molar refractivity (Wildman–Crippen MR) is 158 cm³/mol. The van der Waals surface area contributed by atoms with Crippen molar-refractivity contribution in [1.29, 1.82) is 0 Å². The third kappa shape index (κ3) is 4.64. The van der Waals surface area contributed by atoms with Crippen molar-refractivity contribution in [3.63, 3.8) is 0 Å². The van der Waals surface area contributed by atoms with Crippen LogP contribution in [0.1, 0.15) is 89.8 Å². The summed E-state index contributed by atoms with van der Waals surface area (Å²) in [6, 6.07) is 28.7. The van der Waals surface area contributed by atoms with E-state index in [1.165, 1.54) is 43.4 Å². The van der Waals surface area contributed by atoms with Crippen molar-refractivity contribution in [3.05, 3.63) is 113 Å². The molecule has 35 heavy (non-hydrogen) atoms. The SMILES string of the molecule is CC1=C(C)C([Si](c2cccc(C(C)C)c2)(c2cccc(C(C)C)c2)c2cccc(C(C)C)c2)C=C1. The fraction of sp³-hybridized carbons (Fsp3) is 0.353. The van der Waals surface area contributed by atoms with Gasteiger partial charge >= 0.3 is 0 Å². The standard InChI is InChI=1S/C34H42Si/c1-23(2)28-12-9-15-31(20-28)35(34-19-18-26(7)27(34)8,32-16-10-13-29(21-32)24(3)4)33-17-11-14-30(22-33)25(5)6/h9-25,34H,1-8H3. The van der Waals surface area contributed by atoms with E-state index in [1.54, 1.807) is 0 Å². The lowest BCUT2D eigenvalue weighted by Crippen LogP contribution is -2.70. The van der Waals surface area contributed by atoms with Crippen LogP contribution in [0, 0.1) is 0 Å². The van der Waals surface area contributed by atoms with Gasteiger partial charge in [0.2, 0.25) is 0 Å². The molecule has 1 heteroatoms. The Kier molecular flexibility index (Phi) is 7.38. The highest BCUT2D eigenvalue weighted by Gasteiger charge is 2.47. The van der Waals surface area contributed by atoms with E-state index in [-0.39, 0.29) is 0 Å². The maximum atomic E-state index is 2.54. The van der Waals surface area contributed by atoms with Gasteiger partial charge in [-0.3, -0.25) is 0 Å². The molecule has 0 saturated carbocycles. The third-order valence-electron chi connectivity index (χ3n) is 8.12. The Morgan fingerprint density at radius 2 is 0.943 bits per heavy atom. The first-order chi connectivity index (χ1) is 16.7. The Morgan fingerprint density at radius 1 is 0.571 bits per heavy atom. The first-order valence-corrected chi connectivity index (χ1v) is 15.4. The van der Waals surface area contributed by atoms with E-state index in [0.29, 0.717) is 23.3 Å². The summed E-state index contributed by atoms with van der Waals surface area (Å²) in [5.41, 5.74) is 7.64. The molecule has 3 aromatic carbocycles. The molecule has 1 unspecified atom stereocenters. The molecule has 4 rings (SSSR count). The number of benzene rings is 3. The van der Waals surface area contributed by atoms with Crippen LogP contribution >= 0.6 is 0 Å². The van der Waals surface area contributed by atoms with Gasteiger partial charge in [-0.2, -0.15) is 0 Å². The average Bonchev–Trinajstić information content (AvgIpc) is 3.18. The third-order valence-corrected chi connectivity index (χ3v) is 13.3. The van der Waals surface area contributed by atoms with E-state index in [1.807, 2.05) is 0 Å². The number of allylic oxidation sites excluding steroid dienone is 4. The van der Waals surface area contributed by atoms with E-state index in [0.717, 1.165) is 0 Å². The van der Waals surface area contributed by atoms with E-state index in [4.69, 9.17) is 0 Å². The van der Waals surface area contributed by atoms with Crippen LogP contribution in [-0.4, -0.2) is 8.07 Å². The van der Waals surface area contributed by atoms with Crippen LogP contribution in [0.4, 0.5) is 0 Å². The van der Waals surface area contributed by atoms with Gasteiger partial charge in [-0.05, 0) is 63.9 Å². The van der Waals surface area contributed by atoms with Gasteiger partial charge in [0.1, 0.15) is 0 Å². The zero-order valence-corrected chi connectivity index (χ0v) is 23.9. The van der Waals surface area contributed by atoms with Crippen LogP contribution < -0.4 is 15.6 Å². The van der Waals surface area contributed by atoms with Gasteiger partial charge in [0, 0.05) is 5.54 Å². The number of hydrogen-bond donors (Lipinski definition) is 0. The van der Waals surface area contributed by atoms with Crippen LogP contribution in [0.2, 0.25) is 5.54 Å². The molecule has 0 bridgehead atoms. The molecule has 182 valence electrons. The Labute approximate surface area is 214 Å². The lowest BCUT2D eigenvalue weighted by Gasteiger charge is -2.40. The summed E-state index contributed by atoms with van der Waals surface area (Å²) in [5.74, 6) is 1.51. The van der Waals surface area contributed by atoms with Crippen molar-refractivity contribution in [1.82, 2.24) is 0 Å². The van der Waals surface area contributed by atoms with Crippen LogP contribution in [0.15, 0.2) is 96.1 Å². The minimum absolute atomic E-state index is 0.398. The van der Waals surface area contributed by atoms with Crippen molar-refractivity contribution >= 4 is 23.6 Å². The maximum Gasteiger partial charge on any atom is 0.159 e. The van der Waals surface area contributed by atoms with Gasteiger partial charge in [0.15, 0.2) is 8.07 Å². The quantitative estimate of drug-likeness (QED) is 0.240. The highest BCUT2D eigenvalue weighted by atomic mass is 28.3. The summed E-state index contributed by atoms with van der Waals surface area (Å²) in [5, 5.41) is 4.57. The maximum absolute atomic E-state index is 2.54. The Hall–Kier alpha value is -2.64. The molecule has 1 aliphatic rings. The largest absolute Gasteiger partial charge is 0.159 e. The molecule has 0 fully saturated rings. The summed E-state index contributed by atoms with van der Waals surface area (Å²) in [6.45, 7) is 18.5. The second-order valence-electron chi connectivity index (χ2n) is 11.4. The van der Waals surface area contributed by atoms with Crippen molar-refractivity contribution in [2.24, 2.45) is 0 Å². The molecule has 1 atom stereocenters. The second kappa shape index (κ2) is 10.2. The summed E-state index contributed by atoms with van der Waals surface area (Å²) in [7, 11) is -2.47. The Balaban J connectivity index is 2.16. The van der Waals surface area contributed by atoms with Crippen LogP contribution in [-0.2, 0) is 0 Å². The lowest BCUT2D eigenvalue weighted by molar-refractivity contribution is 0.866. The van der Waals surface area contributed by atoms with E-state index in [9.17, 15) is 0 Å². The Morgan fingerprint density at radius 3 is 1.23 bits per heavy atom. The van der Waals surface area contributed by atoms with Gasteiger partial charge in [-0.25, -0.2) is 0 Å². The minimum Gasteiger partial charge on any atom is -0.0788 e. The average molecular weight is 479 g/mol. The summed E-state index contributed by atoms with van der Waals surface area (Å²) < 4.78 is 0. The first kappa shape index (κ1) is 25.4. The molecular weight excluding hydrogens is 436 g/mol. The monoisotopic (exact) mass is 478 g/mol. The summed E-state index contributed by atoms with van der Waals surface area (Å²) in [4.78, 5) is 0. The molecule has 0 heterocycles. The molecule has 0 amide bonds. The molecule has 0 N–H and O–H groups in total. The minimum atomic E-state index is -2.47. The zero-order valence-electron chi connectivity index (χ0n) is 22.9. The molecule has 1 aliphatic carbocycles. The molecule has 0 nitrogen and oxygen atoms in total. The zero-order chi connectivity index (χ0) is 25.3. The van der Waals surface area contributed by atoms with Crippen LogP contribution in [0.5, 0.6) is 0 Å². The highest BCUT2D eigenvalue weighted by molar-refractivity contribution is 7.13. The molecule has 0 aromatic heterocycles. The van der Waals surface area contributed by atoms with Crippen LogP contribution in [0.3, 0.4) is 0 Å². The molecule has 0 saturated heterocycles. The van der Waals surface area contributed by atoms with Crippen molar-refractivity contribution in [3.8, 4) is 0 Å². The normalized spacial score (nSPS) is 16.3. The van der Waals surface area contributed by atoms with E-state index >= 15 is 0 Å². The molecule has 0 aliphatic heterocycles. The van der Waals surface area contributed by atoms with Gasteiger partial charge in [-0.15, -0.1) is 0 Å². The number of hydrogen-bond acceptors (Lipinski definition) is 0. The van der Waals surface area contributed by atoms with Gasteiger partial charge in [0.25, 0.3) is 0 Å². The number of rotatable bonds is 7. The van der Waals surface area contributed by atoms with Crippen molar-refractivity contribution < 1.29 is 0 Å². The first-order valence-electron chi connectivity index (χ1n) is 13.3. The van der Waals surface area contributed by atoms with Gasteiger partial charge in [-0.1, -0.05) is 138 Å². The fourth-order valence-electron chi connectivity index (χ4n) is 5.70. The van der Waals surface area contributed by atoms with Crippen molar-refractivity contribution in [2.75, 3.05) is 0 Å². The molecule has 0 spiro atoms. The smallest absolute Gasteiger partial charge is 0.0788 e. The summed E-state index contributed by atoms with van der Waals surface area (Å²) >= 11 is 0. The van der Waals surface area contributed by atoms with E-state index < -0.39 is 8.07 Å². The molecule has 0 radical (unpaired) electrons. The lowest BCUT2D eigenvalue weighted by atomic mass is 10.0. The second-order valence-corrected chi connectivity index (χ2v) is 15.3. The van der Waals surface area contributed by atoms with Gasteiger partial charge in [0.05, 0.1) is 0 Å². The topological polar surface area (TPSA) is 0 Å². The van der Waals surface area contributed by atoms with E-state index in [2.05, 4.69) is 140 Å². The summed E-state index contributed by atoms with van der Waals surface area (Å²) in [6.07, 6.45) is 4.88. The predicted octanol–water partition coefficient (Wildman–Crippen LogP) is 7.80. The fourth-order valence-corrected chi connectivity index (χ4v) is 11.3. The molecular formula is C34H42Si. The Bertz CT molecular complexity index is 1130. The van der Waals surface area contributed by atoms with Crippen molar-refractivity contribution in [2.45, 2.75) is 78.7 Å². The van der Waals surface area contributed by atoms with Gasteiger partial charge < -0.3 is 0 Å². The highest BCUT2D eigenvalue weighted by Crippen LogP contribution is 2.38.